The number of rotatable bonds is 8. The summed E-state index contributed by atoms with van der Waals surface area (Å²) in [4.78, 5) is 8.77. The maximum atomic E-state index is 13.6. The van der Waals surface area contributed by atoms with Gasteiger partial charge in [0.25, 0.3) is 0 Å². The van der Waals surface area contributed by atoms with Crippen molar-refractivity contribution in [2.24, 2.45) is 4.99 Å². The fraction of sp³-hybridized carbons (Fsp3) is 0.500. The van der Waals surface area contributed by atoms with Crippen LogP contribution < -0.4 is 10.6 Å². The van der Waals surface area contributed by atoms with Gasteiger partial charge in [0.15, 0.2) is 11.8 Å². The average Bonchev–Trinajstić information content (AvgIpc) is 3.07. The summed E-state index contributed by atoms with van der Waals surface area (Å²) < 4.78 is 18.9. The van der Waals surface area contributed by atoms with Crippen LogP contribution >= 0.6 is 0 Å². The van der Waals surface area contributed by atoms with Crippen LogP contribution in [-0.2, 0) is 13.0 Å². The highest BCUT2D eigenvalue weighted by Gasteiger charge is 2.09. The van der Waals surface area contributed by atoms with Gasteiger partial charge >= 0.3 is 0 Å². The first kappa shape index (κ1) is 18.9. The predicted molar refractivity (Wildman–Crippen MR) is 95.9 cm³/mol. The summed E-state index contributed by atoms with van der Waals surface area (Å²) in [6.07, 6.45) is 1.54. The van der Waals surface area contributed by atoms with Gasteiger partial charge in [0, 0.05) is 31.0 Å². The summed E-state index contributed by atoms with van der Waals surface area (Å²) in [5.74, 6) is 2.08. The molecule has 2 rings (SSSR count). The number of benzene rings is 1. The van der Waals surface area contributed by atoms with E-state index in [1.165, 1.54) is 6.07 Å². The molecule has 2 N–H and O–H groups in total. The van der Waals surface area contributed by atoms with Gasteiger partial charge in [0.2, 0.25) is 5.89 Å². The lowest BCUT2D eigenvalue weighted by Crippen LogP contribution is -2.37. The second kappa shape index (κ2) is 9.76. The van der Waals surface area contributed by atoms with Crippen LogP contribution in [0.4, 0.5) is 4.39 Å². The summed E-state index contributed by atoms with van der Waals surface area (Å²) in [7, 11) is 0. The van der Waals surface area contributed by atoms with Crippen molar-refractivity contribution in [3.05, 3.63) is 47.4 Å². The van der Waals surface area contributed by atoms with Crippen LogP contribution in [0.1, 0.15) is 50.4 Å². The third-order valence-electron chi connectivity index (χ3n) is 3.57. The monoisotopic (exact) mass is 347 g/mol. The van der Waals surface area contributed by atoms with Crippen LogP contribution in [-0.4, -0.2) is 29.2 Å². The van der Waals surface area contributed by atoms with E-state index in [0.29, 0.717) is 36.9 Å². The third-order valence-corrected chi connectivity index (χ3v) is 3.57. The highest BCUT2D eigenvalue weighted by atomic mass is 19.1. The maximum Gasteiger partial charge on any atom is 0.226 e. The number of halogens is 1. The lowest BCUT2D eigenvalue weighted by molar-refractivity contribution is 0.368. The molecule has 1 heterocycles. The lowest BCUT2D eigenvalue weighted by Gasteiger charge is -2.11. The van der Waals surface area contributed by atoms with Gasteiger partial charge in [-0.15, -0.1) is 0 Å². The van der Waals surface area contributed by atoms with Gasteiger partial charge in [-0.2, -0.15) is 4.98 Å². The number of aryl methyl sites for hydroxylation is 1. The van der Waals surface area contributed by atoms with Crippen molar-refractivity contribution in [3.8, 4) is 0 Å². The number of hydrogen-bond donors (Lipinski definition) is 2. The van der Waals surface area contributed by atoms with Crippen LogP contribution in [0.25, 0.3) is 0 Å². The Kier molecular flexibility index (Phi) is 7.37. The molecule has 6 nitrogen and oxygen atoms in total. The molecule has 1 aromatic carbocycles. The number of guanidine groups is 1. The van der Waals surface area contributed by atoms with Crippen molar-refractivity contribution < 1.29 is 8.91 Å². The first-order valence-corrected chi connectivity index (χ1v) is 8.68. The van der Waals surface area contributed by atoms with Crippen LogP contribution in [0.3, 0.4) is 0 Å². The molecule has 0 radical (unpaired) electrons. The highest BCUT2D eigenvalue weighted by Crippen LogP contribution is 2.10. The first-order chi connectivity index (χ1) is 12.1. The van der Waals surface area contributed by atoms with Crippen LogP contribution in [0.15, 0.2) is 33.8 Å². The van der Waals surface area contributed by atoms with Crippen molar-refractivity contribution in [1.29, 1.82) is 0 Å². The molecule has 0 amide bonds. The van der Waals surface area contributed by atoms with Crippen molar-refractivity contribution in [2.45, 2.75) is 46.1 Å². The Hall–Kier alpha value is -2.44. The number of nitrogens with zero attached hydrogens (tertiary/aromatic N) is 3. The summed E-state index contributed by atoms with van der Waals surface area (Å²) in [6.45, 7) is 7.80. The van der Waals surface area contributed by atoms with Crippen molar-refractivity contribution >= 4 is 5.96 Å². The zero-order valence-corrected chi connectivity index (χ0v) is 15.1. The minimum Gasteiger partial charge on any atom is -0.357 e. The number of aliphatic imine (C=N–C) groups is 1. The smallest absolute Gasteiger partial charge is 0.226 e. The Morgan fingerprint density at radius 1 is 1.28 bits per heavy atom. The minimum absolute atomic E-state index is 0.237. The van der Waals surface area contributed by atoms with Gasteiger partial charge in [0.1, 0.15) is 5.82 Å². The topological polar surface area (TPSA) is 75.3 Å². The average molecular weight is 347 g/mol. The number of aromatic nitrogens is 2. The fourth-order valence-corrected chi connectivity index (χ4v) is 2.18. The predicted octanol–water partition coefficient (Wildman–Crippen LogP) is 3.02. The number of hydrogen-bond acceptors (Lipinski definition) is 4. The molecule has 25 heavy (non-hydrogen) atoms. The summed E-state index contributed by atoms with van der Waals surface area (Å²) in [6, 6.07) is 6.67. The largest absolute Gasteiger partial charge is 0.357 e. The van der Waals surface area contributed by atoms with E-state index in [0.717, 1.165) is 18.8 Å². The zero-order chi connectivity index (χ0) is 18.1. The SMILES string of the molecule is CCNC(=NCc1ccccc1F)NCCCc1nc(C(C)C)no1. The van der Waals surface area contributed by atoms with E-state index in [-0.39, 0.29) is 11.7 Å². The highest BCUT2D eigenvalue weighted by molar-refractivity contribution is 5.79. The second-order valence-corrected chi connectivity index (χ2v) is 6.02. The molecule has 0 saturated carbocycles. The van der Waals surface area contributed by atoms with Crippen LogP contribution in [0.5, 0.6) is 0 Å². The zero-order valence-electron chi connectivity index (χ0n) is 15.1. The molecule has 0 fully saturated rings. The molecule has 0 aliphatic carbocycles. The Balaban J connectivity index is 1.80. The lowest BCUT2D eigenvalue weighted by atomic mass is 10.2. The Morgan fingerprint density at radius 2 is 2.08 bits per heavy atom. The molecule has 0 unspecified atom stereocenters. The van der Waals surface area contributed by atoms with Gasteiger partial charge in [-0.05, 0) is 19.4 Å². The molecule has 7 heteroatoms. The number of nitrogens with one attached hydrogen (secondary N) is 2. The van der Waals surface area contributed by atoms with E-state index in [1.54, 1.807) is 12.1 Å². The molecule has 1 aromatic heterocycles. The van der Waals surface area contributed by atoms with Crippen molar-refractivity contribution in [3.63, 3.8) is 0 Å². The first-order valence-electron chi connectivity index (χ1n) is 8.68. The van der Waals surface area contributed by atoms with Gasteiger partial charge in [-0.3, -0.25) is 0 Å². The van der Waals surface area contributed by atoms with Crippen LogP contribution in [0.2, 0.25) is 0 Å². The van der Waals surface area contributed by atoms with Gasteiger partial charge in [-0.25, -0.2) is 9.38 Å². The van der Waals surface area contributed by atoms with E-state index in [9.17, 15) is 4.39 Å². The quantitative estimate of drug-likeness (QED) is 0.436. The standard InChI is InChI=1S/C18H26FN5O/c1-4-20-18(22-12-14-8-5-6-9-15(14)19)21-11-7-10-16-23-17(13(2)3)24-25-16/h5-6,8-9,13H,4,7,10-12H2,1-3H3,(H2,20,21,22). The molecule has 0 atom stereocenters. The molecule has 2 aromatic rings. The summed E-state index contributed by atoms with van der Waals surface area (Å²) >= 11 is 0. The fourth-order valence-electron chi connectivity index (χ4n) is 2.18. The molecular weight excluding hydrogens is 321 g/mol. The molecule has 0 spiro atoms. The molecule has 0 aliphatic rings. The van der Waals surface area contributed by atoms with E-state index in [1.807, 2.05) is 26.8 Å². The van der Waals surface area contributed by atoms with Gasteiger partial charge in [-0.1, -0.05) is 37.2 Å². The van der Waals surface area contributed by atoms with Gasteiger partial charge in [0.05, 0.1) is 6.54 Å². The Bertz CT molecular complexity index is 684. The molecule has 0 aliphatic heterocycles. The van der Waals surface area contributed by atoms with E-state index >= 15 is 0 Å². The second-order valence-electron chi connectivity index (χ2n) is 6.02. The maximum absolute atomic E-state index is 13.6. The van der Waals surface area contributed by atoms with E-state index < -0.39 is 0 Å². The summed E-state index contributed by atoms with van der Waals surface area (Å²) in [5, 5.41) is 10.3. The Morgan fingerprint density at radius 3 is 2.76 bits per heavy atom. The normalized spacial score (nSPS) is 11.8. The minimum atomic E-state index is -0.237. The van der Waals surface area contributed by atoms with Crippen molar-refractivity contribution in [1.82, 2.24) is 20.8 Å². The van der Waals surface area contributed by atoms with Crippen LogP contribution in [0, 0.1) is 5.82 Å². The molecule has 136 valence electrons. The molecule has 0 saturated heterocycles. The van der Waals surface area contributed by atoms with Crippen molar-refractivity contribution in [2.75, 3.05) is 13.1 Å². The summed E-state index contributed by atoms with van der Waals surface area (Å²) in [5.41, 5.74) is 0.576. The third kappa shape index (κ3) is 6.17. The van der Waals surface area contributed by atoms with E-state index in [4.69, 9.17) is 4.52 Å². The molecule has 0 bridgehead atoms. The molecular formula is C18H26FN5O. The van der Waals surface area contributed by atoms with Gasteiger partial charge < -0.3 is 15.2 Å². The Labute approximate surface area is 147 Å². The van der Waals surface area contributed by atoms with E-state index in [2.05, 4.69) is 25.8 Å².